The van der Waals surface area contributed by atoms with Crippen LogP contribution in [0, 0.1) is 0 Å². The molecule has 2 aromatic carbocycles. The van der Waals surface area contributed by atoms with Gasteiger partial charge in [-0.1, -0.05) is 23.7 Å². The second kappa shape index (κ2) is 5.84. The molecule has 2 rings (SSSR count). The minimum atomic E-state index is -1.03. The van der Waals surface area contributed by atoms with Crippen LogP contribution in [0.15, 0.2) is 36.4 Å². The van der Waals surface area contributed by atoms with Crippen LogP contribution in [0.3, 0.4) is 0 Å². The summed E-state index contributed by atoms with van der Waals surface area (Å²) in [6.45, 7) is 0. The van der Waals surface area contributed by atoms with E-state index in [1.54, 1.807) is 18.2 Å². The normalized spacial score (nSPS) is 10.2. The minimum Gasteiger partial charge on any atom is -0.493 e. The number of benzene rings is 2. The Morgan fingerprint density at radius 2 is 1.90 bits per heavy atom. The summed E-state index contributed by atoms with van der Waals surface area (Å²) in [6, 6.07) is 10.1. The molecule has 0 aliphatic heterocycles. The summed E-state index contributed by atoms with van der Waals surface area (Å²) in [5.41, 5.74) is 1.50. The van der Waals surface area contributed by atoms with Gasteiger partial charge in [-0.15, -0.1) is 0 Å². The summed E-state index contributed by atoms with van der Waals surface area (Å²) >= 11 is 5.98. The van der Waals surface area contributed by atoms with E-state index in [1.807, 2.05) is 6.07 Å². The number of hydrogen-bond donors (Lipinski definition) is 1. The lowest BCUT2D eigenvalue weighted by atomic mass is 10.0. The molecule has 0 unspecified atom stereocenters. The Morgan fingerprint density at radius 1 is 1.15 bits per heavy atom. The Morgan fingerprint density at radius 3 is 2.45 bits per heavy atom. The monoisotopic (exact) mass is 292 g/mol. The Labute approximate surface area is 121 Å². The first-order chi connectivity index (χ1) is 9.56. The maximum Gasteiger partial charge on any atom is 0.335 e. The largest absolute Gasteiger partial charge is 0.493 e. The van der Waals surface area contributed by atoms with Gasteiger partial charge in [0.1, 0.15) is 0 Å². The first kappa shape index (κ1) is 14.2. The van der Waals surface area contributed by atoms with Crippen molar-refractivity contribution in [2.45, 2.75) is 0 Å². The van der Waals surface area contributed by atoms with E-state index in [9.17, 15) is 9.90 Å². The molecule has 2 aromatic rings. The van der Waals surface area contributed by atoms with Crippen molar-refractivity contribution in [3.63, 3.8) is 0 Å². The smallest absolute Gasteiger partial charge is 0.335 e. The third kappa shape index (κ3) is 2.70. The van der Waals surface area contributed by atoms with Crippen LogP contribution < -0.4 is 9.47 Å². The highest BCUT2D eigenvalue weighted by Crippen LogP contribution is 2.39. The lowest BCUT2D eigenvalue weighted by Gasteiger charge is -2.14. The van der Waals surface area contributed by atoms with Gasteiger partial charge < -0.3 is 14.6 Å². The minimum absolute atomic E-state index is 0.123. The van der Waals surface area contributed by atoms with Crippen molar-refractivity contribution >= 4 is 17.6 Å². The maximum atomic E-state index is 11.2. The molecular formula is C15H13ClO4. The molecule has 104 valence electrons. The molecule has 4 nitrogen and oxygen atoms in total. The van der Waals surface area contributed by atoms with Gasteiger partial charge in [0.2, 0.25) is 0 Å². The molecule has 0 aliphatic rings. The molecule has 0 amide bonds. The van der Waals surface area contributed by atoms with E-state index >= 15 is 0 Å². The number of halogens is 1. The second-order valence-corrected chi connectivity index (χ2v) is 4.51. The zero-order valence-electron chi connectivity index (χ0n) is 11.0. The predicted molar refractivity (Wildman–Crippen MR) is 77.0 cm³/mol. The third-order valence-corrected chi connectivity index (χ3v) is 3.10. The fourth-order valence-corrected chi connectivity index (χ4v) is 2.15. The maximum absolute atomic E-state index is 11.2. The Kier molecular flexibility index (Phi) is 4.15. The lowest BCUT2D eigenvalue weighted by molar-refractivity contribution is 0.0696. The average molecular weight is 293 g/mol. The number of aromatic carboxylic acids is 1. The number of ether oxygens (including phenoxy) is 2. The van der Waals surface area contributed by atoms with Crippen molar-refractivity contribution in [3.8, 4) is 22.6 Å². The average Bonchev–Trinajstić information content (AvgIpc) is 2.45. The van der Waals surface area contributed by atoms with Crippen LogP contribution in [0.25, 0.3) is 11.1 Å². The first-order valence-electron chi connectivity index (χ1n) is 5.82. The van der Waals surface area contributed by atoms with E-state index in [0.29, 0.717) is 22.1 Å². The number of carboxylic acid groups (broad SMARTS) is 1. The van der Waals surface area contributed by atoms with Gasteiger partial charge in [0.25, 0.3) is 0 Å². The standard InChI is InChI=1S/C15H13ClO4/c1-19-13-8-10(15(17)18)7-12(14(13)20-2)9-4-3-5-11(16)6-9/h3-8H,1-2H3,(H,17,18). The Balaban J connectivity index is 2.72. The number of carbonyl (C=O) groups is 1. The molecule has 0 saturated carbocycles. The second-order valence-electron chi connectivity index (χ2n) is 4.07. The zero-order chi connectivity index (χ0) is 14.7. The van der Waals surface area contributed by atoms with Crippen LogP contribution in [0.2, 0.25) is 5.02 Å². The Hall–Kier alpha value is -2.20. The van der Waals surface area contributed by atoms with Crippen LogP contribution in [0.5, 0.6) is 11.5 Å². The van der Waals surface area contributed by atoms with E-state index in [0.717, 1.165) is 5.56 Å². The predicted octanol–water partition coefficient (Wildman–Crippen LogP) is 3.72. The van der Waals surface area contributed by atoms with Crippen LogP contribution in [0.1, 0.15) is 10.4 Å². The van der Waals surface area contributed by atoms with E-state index < -0.39 is 5.97 Å². The van der Waals surface area contributed by atoms with Crippen molar-refractivity contribution in [3.05, 3.63) is 47.0 Å². The van der Waals surface area contributed by atoms with Gasteiger partial charge in [-0.05, 0) is 29.8 Å². The topological polar surface area (TPSA) is 55.8 Å². The van der Waals surface area contributed by atoms with Crippen LogP contribution in [-0.2, 0) is 0 Å². The third-order valence-electron chi connectivity index (χ3n) is 2.86. The molecule has 0 spiro atoms. The number of rotatable bonds is 4. The van der Waals surface area contributed by atoms with Crippen molar-refractivity contribution in [1.29, 1.82) is 0 Å². The van der Waals surface area contributed by atoms with Gasteiger partial charge >= 0.3 is 5.97 Å². The molecule has 5 heteroatoms. The summed E-state index contributed by atoms with van der Waals surface area (Å²) < 4.78 is 10.5. The van der Waals surface area contributed by atoms with Crippen molar-refractivity contribution < 1.29 is 19.4 Å². The van der Waals surface area contributed by atoms with E-state index in [2.05, 4.69) is 0 Å². The number of methoxy groups -OCH3 is 2. The molecule has 0 aromatic heterocycles. The molecule has 0 fully saturated rings. The van der Waals surface area contributed by atoms with Crippen LogP contribution >= 0.6 is 11.6 Å². The quantitative estimate of drug-likeness (QED) is 0.933. The highest BCUT2D eigenvalue weighted by Gasteiger charge is 2.17. The van der Waals surface area contributed by atoms with Gasteiger partial charge in [0.05, 0.1) is 19.8 Å². The summed E-state index contributed by atoms with van der Waals surface area (Å²) in [5, 5.41) is 9.73. The highest BCUT2D eigenvalue weighted by molar-refractivity contribution is 6.30. The van der Waals surface area contributed by atoms with Gasteiger partial charge in [-0.3, -0.25) is 0 Å². The molecule has 0 radical (unpaired) electrons. The Bertz CT molecular complexity index is 652. The van der Waals surface area contributed by atoms with E-state index in [1.165, 1.54) is 26.4 Å². The summed E-state index contributed by atoms with van der Waals surface area (Å²) in [5.74, 6) is -0.198. The van der Waals surface area contributed by atoms with E-state index in [-0.39, 0.29) is 5.56 Å². The summed E-state index contributed by atoms with van der Waals surface area (Å²) in [6.07, 6.45) is 0. The van der Waals surface area contributed by atoms with Crippen LogP contribution in [-0.4, -0.2) is 25.3 Å². The highest BCUT2D eigenvalue weighted by atomic mass is 35.5. The number of carboxylic acids is 1. The van der Waals surface area contributed by atoms with Crippen molar-refractivity contribution in [1.82, 2.24) is 0 Å². The zero-order valence-corrected chi connectivity index (χ0v) is 11.8. The molecule has 20 heavy (non-hydrogen) atoms. The van der Waals surface area contributed by atoms with Gasteiger partial charge in [0.15, 0.2) is 11.5 Å². The molecule has 0 aliphatic carbocycles. The van der Waals surface area contributed by atoms with Crippen molar-refractivity contribution in [2.75, 3.05) is 14.2 Å². The molecule has 0 atom stereocenters. The fraction of sp³-hybridized carbons (Fsp3) is 0.133. The van der Waals surface area contributed by atoms with Gasteiger partial charge in [0, 0.05) is 10.6 Å². The van der Waals surface area contributed by atoms with Gasteiger partial charge in [-0.2, -0.15) is 0 Å². The summed E-state index contributed by atoms with van der Waals surface area (Å²) in [4.78, 5) is 11.2. The van der Waals surface area contributed by atoms with Crippen molar-refractivity contribution in [2.24, 2.45) is 0 Å². The first-order valence-corrected chi connectivity index (χ1v) is 6.20. The van der Waals surface area contributed by atoms with Gasteiger partial charge in [-0.25, -0.2) is 4.79 Å². The van der Waals surface area contributed by atoms with E-state index in [4.69, 9.17) is 21.1 Å². The molecular weight excluding hydrogens is 280 g/mol. The molecule has 0 heterocycles. The fourth-order valence-electron chi connectivity index (χ4n) is 1.96. The summed E-state index contributed by atoms with van der Waals surface area (Å²) in [7, 11) is 2.97. The SMILES string of the molecule is COc1cc(C(=O)O)cc(-c2cccc(Cl)c2)c1OC. The molecule has 1 N–H and O–H groups in total. The lowest BCUT2D eigenvalue weighted by Crippen LogP contribution is -2.01. The van der Waals surface area contributed by atoms with Crippen LogP contribution in [0.4, 0.5) is 0 Å². The molecule has 0 bridgehead atoms. The molecule has 0 saturated heterocycles. The number of hydrogen-bond acceptors (Lipinski definition) is 3.